The lowest BCUT2D eigenvalue weighted by Crippen LogP contribution is -2.28. The van der Waals surface area contributed by atoms with Crippen molar-refractivity contribution in [2.45, 2.75) is 31.0 Å². The van der Waals surface area contributed by atoms with Gasteiger partial charge in [-0.05, 0) is 25.6 Å². The summed E-state index contributed by atoms with van der Waals surface area (Å²) in [6.07, 6.45) is 2.28. The molecule has 0 radical (unpaired) electrons. The summed E-state index contributed by atoms with van der Waals surface area (Å²) in [5.41, 5.74) is 0. The third kappa shape index (κ3) is 3.45. The van der Waals surface area contributed by atoms with Crippen molar-refractivity contribution < 1.29 is 12.8 Å². The van der Waals surface area contributed by atoms with E-state index in [0.717, 1.165) is 5.01 Å². The molecule has 1 unspecified atom stereocenters. The van der Waals surface area contributed by atoms with Crippen LogP contribution in [0.4, 0.5) is 0 Å². The Labute approximate surface area is 122 Å². The smallest absolute Gasteiger partial charge is 0.274 e. The van der Waals surface area contributed by atoms with Crippen molar-refractivity contribution >= 4 is 21.4 Å². The molecule has 2 N–H and O–H groups in total. The Hall–Kier alpha value is -1.22. The van der Waals surface area contributed by atoms with Crippen LogP contribution in [0.15, 0.2) is 33.2 Å². The fourth-order valence-electron chi connectivity index (χ4n) is 1.73. The Morgan fingerprint density at radius 1 is 1.45 bits per heavy atom. The maximum absolute atomic E-state index is 12.3. The van der Waals surface area contributed by atoms with Gasteiger partial charge in [-0.25, -0.2) is 13.4 Å². The molecule has 0 spiro atoms. The van der Waals surface area contributed by atoms with Crippen LogP contribution in [0.1, 0.15) is 30.2 Å². The summed E-state index contributed by atoms with van der Waals surface area (Å²) in [5, 5.41) is 5.41. The van der Waals surface area contributed by atoms with Crippen molar-refractivity contribution in [1.82, 2.24) is 15.0 Å². The van der Waals surface area contributed by atoms with Gasteiger partial charge >= 0.3 is 0 Å². The number of furan rings is 1. The summed E-state index contributed by atoms with van der Waals surface area (Å²) in [7, 11) is -1.90. The molecule has 8 heteroatoms. The minimum absolute atomic E-state index is 0.0715. The number of thiazole rings is 1. The van der Waals surface area contributed by atoms with Crippen molar-refractivity contribution in [3.05, 3.63) is 34.5 Å². The number of sulfonamides is 1. The molecule has 0 saturated heterocycles. The number of nitrogens with zero attached hydrogens (tertiary/aromatic N) is 1. The maximum Gasteiger partial charge on any atom is 0.274 e. The van der Waals surface area contributed by atoms with E-state index in [1.54, 1.807) is 19.3 Å². The third-order valence-corrected chi connectivity index (χ3v) is 4.94. The standard InChI is InChI=1S/C12H17N3O3S2/c1-3-10(12-14-6-7-19-12)15-20(16,17)11-5-4-9(18-11)8-13-2/h4-7,10,13,15H,3,8H2,1-2H3. The van der Waals surface area contributed by atoms with Crippen LogP contribution in [0.3, 0.4) is 0 Å². The Bertz CT molecular complexity index is 635. The molecule has 110 valence electrons. The third-order valence-electron chi connectivity index (χ3n) is 2.71. The molecule has 20 heavy (non-hydrogen) atoms. The second-order valence-corrected chi connectivity index (χ2v) is 6.77. The zero-order valence-electron chi connectivity index (χ0n) is 11.3. The van der Waals surface area contributed by atoms with Gasteiger partial charge in [0.05, 0.1) is 12.6 Å². The monoisotopic (exact) mass is 315 g/mol. The van der Waals surface area contributed by atoms with E-state index in [1.165, 1.54) is 17.4 Å². The first-order valence-corrected chi connectivity index (χ1v) is 8.58. The SMILES string of the molecule is CCC(NS(=O)(=O)c1ccc(CNC)o1)c1nccs1. The molecule has 2 rings (SSSR count). The first-order chi connectivity index (χ1) is 9.56. The summed E-state index contributed by atoms with van der Waals surface area (Å²) in [5.74, 6) is 0.579. The van der Waals surface area contributed by atoms with Gasteiger partial charge in [0.25, 0.3) is 10.0 Å². The Morgan fingerprint density at radius 2 is 2.25 bits per heavy atom. The second-order valence-electron chi connectivity index (χ2n) is 4.20. The van der Waals surface area contributed by atoms with E-state index in [4.69, 9.17) is 4.42 Å². The molecule has 2 heterocycles. The topological polar surface area (TPSA) is 84.2 Å². The molecule has 6 nitrogen and oxygen atoms in total. The molecule has 0 aliphatic heterocycles. The lowest BCUT2D eigenvalue weighted by molar-refractivity contribution is 0.402. The van der Waals surface area contributed by atoms with Gasteiger partial charge in [-0.15, -0.1) is 11.3 Å². The largest absolute Gasteiger partial charge is 0.447 e. The van der Waals surface area contributed by atoms with Crippen LogP contribution in [0.2, 0.25) is 0 Å². The minimum atomic E-state index is -3.67. The predicted octanol–water partition coefficient (Wildman–Crippen LogP) is 1.89. The normalized spacial score (nSPS) is 13.5. The van der Waals surface area contributed by atoms with E-state index in [1.807, 2.05) is 12.3 Å². The second kappa shape index (κ2) is 6.49. The fourth-order valence-corrected chi connectivity index (χ4v) is 3.81. The molecule has 1 atom stereocenters. The van der Waals surface area contributed by atoms with Crippen LogP contribution in [0.25, 0.3) is 0 Å². The predicted molar refractivity (Wildman–Crippen MR) is 76.9 cm³/mol. The lowest BCUT2D eigenvalue weighted by atomic mass is 10.3. The summed E-state index contributed by atoms with van der Waals surface area (Å²) in [6.45, 7) is 2.39. The van der Waals surface area contributed by atoms with E-state index in [9.17, 15) is 8.42 Å². The van der Waals surface area contributed by atoms with E-state index >= 15 is 0 Å². The molecule has 2 aromatic heterocycles. The van der Waals surface area contributed by atoms with Crippen LogP contribution < -0.4 is 10.0 Å². The zero-order valence-corrected chi connectivity index (χ0v) is 12.9. The van der Waals surface area contributed by atoms with E-state index < -0.39 is 10.0 Å². The summed E-state index contributed by atoms with van der Waals surface area (Å²) < 4.78 is 32.5. The summed E-state index contributed by atoms with van der Waals surface area (Å²) in [6, 6.07) is 2.77. The molecule has 0 saturated carbocycles. The van der Waals surface area contributed by atoms with Gasteiger partial charge in [-0.2, -0.15) is 4.72 Å². The minimum Gasteiger partial charge on any atom is -0.447 e. The molecule has 0 bridgehead atoms. The van der Waals surface area contributed by atoms with Crippen molar-refractivity contribution in [1.29, 1.82) is 0 Å². The average Bonchev–Trinajstić information content (AvgIpc) is 3.07. The molecule has 0 aliphatic rings. The van der Waals surface area contributed by atoms with Gasteiger partial charge in [-0.3, -0.25) is 0 Å². The van der Waals surface area contributed by atoms with Crippen molar-refractivity contribution in [3.63, 3.8) is 0 Å². The highest BCUT2D eigenvalue weighted by atomic mass is 32.2. The zero-order chi connectivity index (χ0) is 14.6. The van der Waals surface area contributed by atoms with Crippen LogP contribution >= 0.6 is 11.3 Å². The molecule has 0 aromatic carbocycles. The van der Waals surface area contributed by atoms with E-state index in [2.05, 4.69) is 15.0 Å². The van der Waals surface area contributed by atoms with Crippen LogP contribution in [0.5, 0.6) is 0 Å². The highest BCUT2D eigenvalue weighted by Crippen LogP contribution is 2.22. The lowest BCUT2D eigenvalue weighted by Gasteiger charge is -2.13. The van der Waals surface area contributed by atoms with Crippen LogP contribution in [-0.2, 0) is 16.6 Å². The molecular formula is C12H17N3O3S2. The molecule has 0 fully saturated rings. The van der Waals surface area contributed by atoms with Gasteiger partial charge in [0.2, 0.25) is 5.09 Å². The number of rotatable bonds is 7. The molecular weight excluding hydrogens is 298 g/mol. The van der Waals surface area contributed by atoms with Gasteiger partial charge in [0.15, 0.2) is 0 Å². The average molecular weight is 315 g/mol. The van der Waals surface area contributed by atoms with Crippen molar-refractivity contribution in [2.24, 2.45) is 0 Å². The molecule has 2 aromatic rings. The first kappa shape index (κ1) is 15.2. The highest BCUT2D eigenvalue weighted by Gasteiger charge is 2.24. The van der Waals surface area contributed by atoms with Gasteiger partial charge < -0.3 is 9.73 Å². The Morgan fingerprint density at radius 3 is 2.85 bits per heavy atom. The summed E-state index contributed by atoms with van der Waals surface area (Å²) >= 11 is 1.43. The Kier molecular flexibility index (Phi) is 4.92. The highest BCUT2D eigenvalue weighted by molar-refractivity contribution is 7.89. The van der Waals surface area contributed by atoms with E-state index in [-0.39, 0.29) is 11.1 Å². The van der Waals surface area contributed by atoms with Crippen molar-refractivity contribution in [2.75, 3.05) is 7.05 Å². The van der Waals surface area contributed by atoms with Crippen LogP contribution in [0, 0.1) is 0 Å². The number of aromatic nitrogens is 1. The molecule has 0 aliphatic carbocycles. The number of hydrogen-bond acceptors (Lipinski definition) is 6. The number of hydrogen-bond donors (Lipinski definition) is 2. The van der Waals surface area contributed by atoms with Gasteiger partial charge in [0, 0.05) is 11.6 Å². The van der Waals surface area contributed by atoms with Gasteiger partial charge in [-0.1, -0.05) is 6.92 Å². The summed E-state index contributed by atoms with van der Waals surface area (Å²) in [4.78, 5) is 4.15. The number of nitrogens with one attached hydrogen (secondary N) is 2. The quantitative estimate of drug-likeness (QED) is 0.815. The van der Waals surface area contributed by atoms with E-state index in [0.29, 0.717) is 18.7 Å². The Balaban J connectivity index is 2.17. The molecule has 0 amide bonds. The van der Waals surface area contributed by atoms with Crippen LogP contribution in [-0.4, -0.2) is 20.4 Å². The first-order valence-electron chi connectivity index (χ1n) is 6.22. The fraction of sp³-hybridized carbons (Fsp3) is 0.417. The van der Waals surface area contributed by atoms with Gasteiger partial charge in [0.1, 0.15) is 10.8 Å². The van der Waals surface area contributed by atoms with Crippen molar-refractivity contribution in [3.8, 4) is 0 Å². The maximum atomic E-state index is 12.3.